The van der Waals surface area contributed by atoms with Gasteiger partial charge >= 0.3 is 0 Å². The number of ketones is 1. The zero-order valence-corrected chi connectivity index (χ0v) is 12.6. The van der Waals surface area contributed by atoms with Gasteiger partial charge in [-0.05, 0) is 24.6 Å². The molecule has 1 amide bonds. The van der Waals surface area contributed by atoms with Gasteiger partial charge in [-0.2, -0.15) is 0 Å². The Morgan fingerprint density at radius 3 is 2.55 bits per heavy atom. The summed E-state index contributed by atoms with van der Waals surface area (Å²) in [5, 5.41) is 9.94. The summed E-state index contributed by atoms with van der Waals surface area (Å²) < 4.78 is 0.901. The van der Waals surface area contributed by atoms with Gasteiger partial charge in [-0.1, -0.05) is 34.1 Å². The SMILES string of the molecule is C=CCN1C(=O)C(O)=C(C(C)=O)[C@H]1c1ccc(Br)cc1. The van der Waals surface area contributed by atoms with Crippen LogP contribution in [0.1, 0.15) is 18.5 Å². The molecule has 1 N–H and O–H groups in total. The van der Waals surface area contributed by atoms with E-state index in [1.165, 1.54) is 11.8 Å². The minimum atomic E-state index is -0.564. The summed E-state index contributed by atoms with van der Waals surface area (Å²) in [5.74, 6) is -1.31. The predicted molar refractivity (Wildman–Crippen MR) is 79.1 cm³/mol. The molecular formula is C15H14BrNO3. The first kappa shape index (κ1) is 14.5. The lowest BCUT2D eigenvalue weighted by Crippen LogP contribution is -2.31. The minimum Gasteiger partial charge on any atom is -0.503 e. The highest BCUT2D eigenvalue weighted by Gasteiger charge is 2.41. The molecule has 0 fully saturated rings. The first-order valence-corrected chi connectivity index (χ1v) is 6.88. The van der Waals surface area contributed by atoms with Crippen LogP contribution in [0.25, 0.3) is 0 Å². The second-order valence-corrected chi connectivity index (χ2v) is 5.43. The van der Waals surface area contributed by atoms with Crippen molar-refractivity contribution in [2.75, 3.05) is 6.54 Å². The van der Waals surface area contributed by atoms with Gasteiger partial charge in [-0.25, -0.2) is 0 Å². The van der Waals surface area contributed by atoms with Crippen molar-refractivity contribution in [3.8, 4) is 0 Å². The maximum atomic E-state index is 12.1. The molecule has 0 unspecified atom stereocenters. The number of halogens is 1. The van der Waals surface area contributed by atoms with Crippen LogP contribution in [0, 0.1) is 0 Å². The molecule has 0 saturated carbocycles. The first-order valence-electron chi connectivity index (χ1n) is 6.08. The zero-order chi connectivity index (χ0) is 14.9. The number of amides is 1. The summed E-state index contributed by atoms with van der Waals surface area (Å²) in [5.41, 5.74) is 0.914. The molecule has 4 nitrogen and oxygen atoms in total. The molecule has 0 radical (unpaired) electrons. The lowest BCUT2D eigenvalue weighted by molar-refractivity contribution is -0.128. The number of hydrogen-bond acceptors (Lipinski definition) is 3. The summed E-state index contributed by atoms with van der Waals surface area (Å²) in [6.45, 7) is 5.22. The Morgan fingerprint density at radius 1 is 1.45 bits per heavy atom. The van der Waals surface area contributed by atoms with E-state index in [2.05, 4.69) is 22.5 Å². The van der Waals surface area contributed by atoms with Crippen LogP contribution in [0.2, 0.25) is 0 Å². The van der Waals surface area contributed by atoms with E-state index >= 15 is 0 Å². The van der Waals surface area contributed by atoms with E-state index in [9.17, 15) is 14.7 Å². The van der Waals surface area contributed by atoms with E-state index in [1.54, 1.807) is 6.08 Å². The van der Waals surface area contributed by atoms with Crippen LogP contribution in [0.3, 0.4) is 0 Å². The standard InChI is InChI=1S/C15H14BrNO3/c1-3-8-17-13(10-4-6-11(16)7-5-10)12(9(2)18)14(19)15(17)20/h3-7,13,19H,1,8H2,2H3/t13-/m1/s1. The Hall–Kier alpha value is -1.88. The maximum Gasteiger partial charge on any atom is 0.290 e. The van der Waals surface area contributed by atoms with E-state index < -0.39 is 17.7 Å². The smallest absolute Gasteiger partial charge is 0.290 e. The number of hydrogen-bond donors (Lipinski definition) is 1. The average molecular weight is 336 g/mol. The zero-order valence-electron chi connectivity index (χ0n) is 11.0. The highest BCUT2D eigenvalue weighted by molar-refractivity contribution is 9.10. The van der Waals surface area contributed by atoms with Crippen LogP contribution in [0.4, 0.5) is 0 Å². The quantitative estimate of drug-likeness (QED) is 0.860. The van der Waals surface area contributed by atoms with Crippen molar-refractivity contribution in [1.82, 2.24) is 4.90 Å². The number of aliphatic hydroxyl groups is 1. The average Bonchev–Trinajstić information content (AvgIpc) is 2.65. The maximum absolute atomic E-state index is 12.1. The molecule has 0 bridgehead atoms. The van der Waals surface area contributed by atoms with Crippen molar-refractivity contribution < 1.29 is 14.7 Å². The molecule has 1 aromatic carbocycles. The second-order valence-electron chi connectivity index (χ2n) is 4.52. The third-order valence-corrected chi connectivity index (χ3v) is 3.72. The molecule has 1 atom stereocenters. The molecule has 1 aromatic rings. The summed E-state index contributed by atoms with van der Waals surface area (Å²) in [4.78, 5) is 25.3. The van der Waals surface area contributed by atoms with Gasteiger partial charge in [0.2, 0.25) is 0 Å². The molecule has 0 saturated heterocycles. The number of carbonyl (C=O) groups excluding carboxylic acids is 2. The number of nitrogens with zero attached hydrogens (tertiary/aromatic N) is 1. The fourth-order valence-electron chi connectivity index (χ4n) is 2.33. The van der Waals surface area contributed by atoms with Crippen molar-refractivity contribution in [1.29, 1.82) is 0 Å². The third-order valence-electron chi connectivity index (χ3n) is 3.19. The molecule has 1 aliphatic rings. The van der Waals surface area contributed by atoms with Gasteiger partial charge in [-0.15, -0.1) is 6.58 Å². The van der Waals surface area contributed by atoms with Gasteiger partial charge in [0, 0.05) is 11.0 Å². The van der Waals surface area contributed by atoms with Crippen LogP contribution < -0.4 is 0 Å². The molecule has 1 heterocycles. The molecule has 104 valence electrons. The van der Waals surface area contributed by atoms with E-state index in [-0.39, 0.29) is 17.9 Å². The van der Waals surface area contributed by atoms with E-state index in [0.717, 1.165) is 10.0 Å². The van der Waals surface area contributed by atoms with Crippen LogP contribution in [-0.4, -0.2) is 28.2 Å². The van der Waals surface area contributed by atoms with Crippen LogP contribution in [0.15, 0.2) is 52.7 Å². The molecular weight excluding hydrogens is 322 g/mol. The number of aliphatic hydroxyl groups excluding tert-OH is 1. The Labute approximate surface area is 125 Å². The first-order chi connectivity index (χ1) is 9.47. The summed E-state index contributed by atoms with van der Waals surface area (Å²) in [6, 6.07) is 6.74. The summed E-state index contributed by atoms with van der Waals surface area (Å²) in [7, 11) is 0. The van der Waals surface area contributed by atoms with Gasteiger partial charge in [0.1, 0.15) is 0 Å². The summed E-state index contributed by atoms with van der Waals surface area (Å²) >= 11 is 3.34. The monoisotopic (exact) mass is 335 g/mol. The van der Waals surface area contributed by atoms with E-state index in [1.807, 2.05) is 24.3 Å². The van der Waals surface area contributed by atoms with Gasteiger partial charge in [0.15, 0.2) is 11.5 Å². The highest BCUT2D eigenvalue weighted by Crippen LogP contribution is 2.37. The predicted octanol–water partition coefficient (Wildman–Crippen LogP) is 2.92. The molecule has 20 heavy (non-hydrogen) atoms. The Kier molecular flexibility index (Phi) is 4.09. The Bertz CT molecular complexity index is 604. The third kappa shape index (κ3) is 2.41. The largest absolute Gasteiger partial charge is 0.503 e. The Balaban J connectivity index is 2.54. The van der Waals surface area contributed by atoms with Crippen molar-refractivity contribution in [3.05, 3.63) is 58.3 Å². The van der Waals surface area contributed by atoms with Crippen LogP contribution in [0.5, 0.6) is 0 Å². The molecule has 0 aromatic heterocycles. The Morgan fingerprint density at radius 2 is 2.05 bits per heavy atom. The highest BCUT2D eigenvalue weighted by atomic mass is 79.9. The number of Topliss-reactive ketones (excluding diaryl/α,β-unsaturated/α-hetero) is 1. The van der Waals surface area contributed by atoms with E-state index in [4.69, 9.17) is 0 Å². The number of benzene rings is 1. The summed E-state index contributed by atoms with van der Waals surface area (Å²) in [6.07, 6.45) is 1.57. The minimum absolute atomic E-state index is 0.138. The lowest BCUT2D eigenvalue weighted by atomic mass is 9.97. The van der Waals surface area contributed by atoms with Crippen molar-refractivity contribution in [2.45, 2.75) is 13.0 Å². The number of rotatable bonds is 4. The van der Waals surface area contributed by atoms with Crippen molar-refractivity contribution >= 4 is 27.6 Å². The van der Waals surface area contributed by atoms with Gasteiger partial charge in [0.05, 0.1) is 11.6 Å². The number of carbonyl (C=O) groups is 2. The van der Waals surface area contributed by atoms with Crippen LogP contribution >= 0.6 is 15.9 Å². The van der Waals surface area contributed by atoms with Gasteiger partial charge in [-0.3, -0.25) is 9.59 Å². The lowest BCUT2D eigenvalue weighted by Gasteiger charge is -2.25. The van der Waals surface area contributed by atoms with Crippen LogP contribution in [-0.2, 0) is 9.59 Å². The van der Waals surface area contributed by atoms with Crippen molar-refractivity contribution in [2.24, 2.45) is 0 Å². The molecule has 0 aliphatic carbocycles. The van der Waals surface area contributed by atoms with Gasteiger partial charge in [0.25, 0.3) is 5.91 Å². The normalized spacial score (nSPS) is 18.6. The van der Waals surface area contributed by atoms with E-state index in [0.29, 0.717) is 0 Å². The fourth-order valence-corrected chi connectivity index (χ4v) is 2.60. The fraction of sp³-hybridized carbons (Fsp3) is 0.200. The van der Waals surface area contributed by atoms with Crippen molar-refractivity contribution in [3.63, 3.8) is 0 Å². The molecule has 0 spiro atoms. The molecule has 2 rings (SSSR count). The van der Waals surface area contributed by atoms with Gasteiger partial charge < -0.3 is 10.0 Å². The molecule has 1 aliphatic heterocycles. The molecule has 5 heteroatoms. The topological polar surface area (TPSA) is 57.6 Å². The second kappa shape index (κ2) is 5.63.